The van der Waals surface area contributed by atoms with E-state index in [1.165, 1.54) is 0 Å². The van der Waals surface area contributed by atoms with Crippen molar-refractivity contribution < 1.29 is 19.1 Å². The Balaban J connectivity index is 1.19. The molecular weight excluding hydrogens is 566 g/mol. The molecule has 230 valence electrons. The number of anilines is 2. The minimum absolute atomic E-state index is 0.0152. The van der Waals surface area contributed by atoms with Crippen molar-refractivity contribution in [3.8, 4) is 5.75 Å². The highest BCUT2D eigenvalue weighted by Gasteiger charge is 2.30. The number of thiazole rings is 1. The molecule has 0 aliphatic carbocycles. The summed E-state index contributed by atoms with van der Waals surface area (Å²) in [5.41, 5.74) is 2.91. The predicted octanol–water partition coefficient (Wildman–Crippen LogP) is 2.92. The number of pyridine rings is 1. The van der Waals surface area contributed by atoms with Crippen LogP contribution in [0.4, 0.5) is 10.8 Å². The molecule has 12 heteroatoms. The van der Waals surface area contributed by atoms with Crippen LogP contribution in [0.3, 0.4) is 0 Å². The van der Waals surface area contributed by atoms with E-state index in [1.54, 1.807) is 18.4 Å². The molecule has 1 unspecified atom stereocenters. The van der Waals surface area contributed by atoms with Crippen molar-refractivity contribution in [3.63, 3.8) is 0 Å². The number of benzene rings is 1. The minimum atomic E-state index is -0.146. The third kappa shape index (κ3) is 6.86. The third-order valence-electron chi connectivity index (χ3n) is 8.61. The predicted molar refractivity (Wildman–Crippen MR) is 168 cm³/mol. The summed E-state index contributed by atoms with van der Waals surface area (Å²) in [6.45, 7) is 8.13. The number of likely N-dealkylation sites (tertiary alicyclic amines) is 1. The van der Waals surface area contributed by atoms with Crippen molar-refractivity contribution in [1.29, 1.82) is 0 Å². The number of amides is 2. The quantitative estimate of drug-likeness (QED) is 0.373. The summed E-state index contributed by atoms with van der Waals surface area (Å²) < 4.78 is 11.3. The van der Waals surface area contributed by atoms with Crippen LogP contribution in [-0.4, -0.2) is 111 Å². The molecule has 3 aliphatic rings. The summed E-state index contributed by atoms with van der Waals surface area (Å²) in [5.74, 6) is 0.984. The lowest BCUT2D eigenvalue weighted by atomic mass is 10.1. The Bertz CT molecular complexity index is 1410. The van der Waals surface area contributed by atoms with E-state index in [-0.39, 0.29) is 17.9 Å². The zero-order chi connectivity index (χ0) is 29.6. The largest absolute Gasteiger partial charge is 0.494 e. The Hall–Kier alpha value is -3.48. The van der Waals surface area contributed by atoms with Gasteiger partial charge >= 0.3 is 0 Å². The molecule has 3 saturated heterocycles. The standard InChI is InChI=1S/C31H41N7O4S/c1-41-26-8-7-23-5-2-9-33-29(23)30(26)37-13-4-12-35(15-16-37)25(21-27(39)32-10-14-36-11-3-6-28(36)40)24-22-43-31(34-24)38-17-19-42-20-18-38/h2,5,7-9,22,25H,3-4,6,10-21H2,1H3,(H,32,39). The summed E-state index contributed by atoms with van der Waals surface area (Å²) in [4.78, 5) is 44.0. The summed E-state index contributed by atoms with van der Waals surface area (Å²) >= 11 is 1.64. The van der Waals surface area contributed by atoms with Crippen LogP contribution < -0.4 is 19.9 Å². The molecule has 0 spiro atoms. The number of ether oxygens (including phenoxy) is 2. The number of aromatic nitrogens is 2. The van der Waals surface area contributed by atoms with E-state index in [0.29, 0.717) is 39.1 Å². The second-order valence-corrected chi connectivity index (χ2v) is 12.1. The number of nitrogens with one attached hydrogen (secondary N) is 1. The summed E-state index contributed by atoms with van der Waals surface area (Å²) in [5, 5.41) is 7.27. The van der Waals surface area contributed by atoms with Crippen LogP contribution in [0.2, 0.25) is 0 Å². The van der Waals surface area contributed by atoms with Crippen LogP contribution in [0.1, 0.15) is 37.4 Å². The van der Waals surface area contributed by atoms with Crippen molar-refractivity contribution in [3.05, 3.63) is 41.5 Å². The van der Waals surface area contributed by atoms with E-state index in [4.69, 9.17) is 19.4 Å². The molecule has 1 aromatic carbocycles. The van der Waals surface area contributed by atoms with Crippen LogP contribution in [0.5, 0.6) is 5.75 Å². The summed E-state index contributed by atoms with van der Waals surface area (Å²) in [7, 11) is 1.71. The number of carbonyl (C=O) groups is 2. The molecule has 1 N–H and O–H groups in total. The van der Waals surface area contributed by atoms with Gasteiger partial charge in [-0.25, -0.2) is 4.98 Å². The molecule has 0 radical (unpaired) electrons. The van der Waals surface area contributed by atoms with E-state index in [1.807, 2.05) is 23.2 Å². The first-order valence-corrected chi connectivity index (χ1v) is 16.2. The van der Waals surface area contributed by atoms with Crippen molar-refractivity contribution in [2.45, 2.75) is 31.7 Å². The van der Waals surface area contributed by atoms with Crippen molar-refractivity contribution >= 4 is 44.9 Å². The number of hydrogen-bond donors (Lipinski definition) is 1. The highest BCUT2D eigenvalue weighted by molar-refractivity contribution is 7.13. The molecule has 3 fully saturated rings. The summed E-state index contributed by atoms with van der Waals surface area (Å²) in [6.07, 6.45) is 4.59. The Morgan fingerprint density at radius 2 is 1.95 bits per heavy atom. The number of fused-ring (bicyclic) bond motifs is 1. The van der Waals surface area contributed by atoms with Gasteiger partial charge in [0.25, 0.3) is 0 Å². The van der Waals surface area contributed by atoms with Gasteiger partial charge in [-0.2, -0.15) is 0 Å². The molecule has 0 saturated carbocycles. The molecule has 2 amide bonds. The van der Waals surface area contributed by atoms with E-state index in [2.05, 4.69) is 37.5 Å². The fourth-order valence-corrected chi connectivity index (χ4v) is 7.25. The van der Waals surface area contributed by atoms with Gasteiger partial charge in [-0.1, -0.05) is 6.07 Å². The monoisotopic (exact) mass is 607 g/mol. The van der Waals surface area contributed by atoms with Crippen molar-refractivity contribution in [2.24, 2.45) is 0 Å². The Labute approximate surface area is 256 Å². The lowest BCUT2D eigenvalue weighted by Gasteiger charge is -2.30. The fraction of sp³-hybridized carbons (Fsp3) is 0.548. The molecular formula is C31H41N7O4S. The minimum Gasteiger partial charge on any atom is -0.494 e. The van der Waals surface area contributed by atoms with Crippen LogP contribution in [0.25, 0.3) is 10.9 Å². The molecule has 1 atom stereocenters. The maximum atomic E-state index is 13.3. The van der Waals surface area contributed by atoms with Gasteiger partial charge in [0.1, 0.15) is 11.4 Å². The van der Waals surface area contributed by atoms with Crippen molar-refractivity contribution in [1.82, 2.24) is 25.1 Å². The Morgan fingerprint density at radius 3 is 2.77 bits per heavy atom. The van der Waals surface area contributed by atoms with Crippen LogP contribution in [-0.2, 0) is 14.3 Å². The van der Waals surface area contributed by atoms with Crippen LogP contribution >= 0.6 is 11.3 Å². The molecule has 0 bridgehead atoms. The molecule has 43 heavy (non-hydrogen) atoms. The number of rotatable bonds is 10. The zero-order valence-corrected chi connectivity index (χ0v) is 25.7. The van der Waals surface area contributed by atoms with Gasteiger partial charge in [0.05, 0.1) is 37.6 Å². The smallest absolute Gasteiger partial charge is 0.222 e. The average Bonchev–Trinajstić information content (AvgIpc) is 3.62. The number of hydrogen-bond acceptors (Lipinski definition) is 10. The maximum Gasteiger partial charge on any atom is 0.222 e. The first kappa shape index (κ1) is 29.6. The lowest BCUT2D eigenvalue weighted by Crippen LogP contribution is -2.39. The highest BCUT2D eigenvalue weighted by Crippen LogP contribution is 2.37. The van der Waals surface area contributed by atoms with Gasteiger partial charge in [0, 0.05) is 88.7 Å². The van der Waals surface area contributed by atoms with E-state index < -0.39 is 0 Å². The number of methoxy groups -OCH3 is 1. The second-order valence-electron chi connectivity index (χ2n) is 11.3. The van der Waals surface area contributed by atoms with Crippen LogP contribution in [0.15, 0.2) is 35.8 Å². The first-order valence-electron chi connectivity index (χ1n) is 15.3. The van der Waals surface area contributed by atoms with Gasteiger partial charge in [0.15, 0.2) is 5.13 Å². The normalized spacial score (nSPS) is 19.1. The van der Waals surface area contributed by atoms with E-state index in [9.17, 15) is 9.59 Å². The maximum absolute atomic E-state index is 13.3. The molecule has 3 aromatic rings. The summed E-state index contributed by atoms with van der Waals surface area (Å²) in [6, 6.07) is 7.97. The molecule has 6 rings (SSSR count). The van der Waals surface area contributed by atoms with Crippen molar-refractivity contribution in [2.75, 3.05) is 89.0 Å². The molecule has 5 heterocycles. The van der Waals surface area contributed by atoms with Gasteiger partial charge in [0.2, 0.25) is 11.8 Å². The Morgan fingerprint density at radius 1 is 1.07 bits per heavy atom. The number of carbonyl (C=O) groups excluding carboxylic acids is 2. The lowest BCUT2D eigenvalue weighted by molar-refractivity contribution is -0.128. The highest BCUT2D eigenvalue weighted by atomic mass is 32.1. The van der Waals surface area contributed by atoms with Gasteiger partial charge in [-0.05, 0) is 31.0 Å². The first-order chi connectivity index (χ1) is 21.1. The van der Waals surface area contributed by atoms with E-state index >= 15 is 0 Å². The SMILES string of the molecule is COc1ccc2cccnc2c1N1CCCN(C(CC(=O)NCCN2CCCC2=O)c2csc(N3CCOCC3)n2)CC1. The Kier molecular flexibility index (Phi) is 9.55. The van der Waals surface area contributed by atoms with E-state index in [0.717, 1.165) is 91.8 Å². The topological polar surface area (TPSA) is 103 Å². The average molecular weight is 608 g/mol. The van der Waals surface area contributed by atoms with Gasteiger partial charge in [-0.15, -0.1) is 11.3 Å². The molecule has 3 aliphatic heterocycles. The van der Waals surface area contributed by atoms with Gasteiger partial charge < -0.3 is 29.5 Å². The number of nitrogens with zero attached hydrogens (tertiary/aromatic N) is 6. The number of morpholine rings is 1. The zero-order valence-electron chi connectivity index (χ0n) is 24.9. The molecule has 2 aromatic heterocycles. The third-order valence-corrected chi connectivity index (χ3v) is 9.52. The molecule has 11 nitrogen and oxygen atoms in total. The fourth-order valence-electron chi connectivity index (χ4n) is 6.32. The second kappa shape index (κ2) is 13.9. The van der Waals surface area contributed by atoms with Gasteiger partial charge in [-0.3, -0.25) is 19.5 Å². The van der Waals surface area contributed by atoms with Crippen LogP contribution in [0, 0.1) is 0 Å².